The van der Waals surface area contributed by atoms with Crippen LogP contribution in [-0.2, 0) is 11.2 Å². The van der Waals surface area contributed by atoms with Crippen molar-refractivity contribution in [3.8, 4) is 0 Å². The Morgan fingerprint density at radius 3 is 2.89 bits per heavy atom. The van der Waals surface area contributed by atoms with Crippen LogP contribution in [0.25, 0.3) is 0 Å². The summed E-state index contributed by atoms with van der Waals surface area (Å²) < 4.78 is 5.70. The molecule has 2 rings (SSSR count). The Labute approximate surface area is 117 Å². The van der Waals surface area contributed by atoms with Gasteiger partial charge in [-0.3, -0.25) is 0 Å². The Bertz CT molecular complexity index is 371. The van der Waals surface area contributed by atoms with Crippen LogP contribution < -0.4 is 5.32 Å². The quantitative estimate of drug-likeness (QED) is 0.804. The molecule has 2 atom stereocenters. The summed E-state index contributed by atoms with van der Waals surface area (Å²) in [6.45, 7) is 3.21. The predicted octanol–water partition coefficient (Wildman–Crippen LogP) is 3.86. The lowest BCUT2D eigenvalue weighted by atomic mass is 9.94. The first-order valence-corrected chi connectivity index (χ1v) is 7.71. The third-order valence-electron chi connectivity index (χ3n) is 4.20. The van der Waals surface area contributed by atoms with Gasteiger partial charge in [-0.05, 0) is 56.7 Å². The molecule has 1 heterocycles. The fourth-order valence-electron chi connectivity index (χ4n) is 3.07. The van der Waals surface area contributed by atoms with Gasteiger partial charge in [0.1, 0.15) is 0 Å². The highest BCUT2D eigenvalue weighted by Gasteiger charge is 2.17. The molecule has 1 aliphatic rings. The number of hydrogen-bond acceptors (Lipinski definition) is 2. The van der Waals surface area contributed by atoms with E-state index in [2.05, 4.69) is 43.6 Å². The molecule has 1 N–H and O–H groups in total. The summed E-state index contributed by atoms with van der Waals surface area (Å²) in [6.07, 6.45) is 7.81. The van der Waals surface area contributed by atoms with Gasteiger partial charge in [0.05, 0.1) is 6.10 Å². The van der Waals surface area contributed by atoms with Gasteiger partial charge in [-0.25, -0.2) is 0 Å². The van der Waals surface area contributed by atoms with Crippen LogP contribution in [0.2, 0.25) is 0 Å². The smallest absolute Gasteiger partial charge is 0.0576 e. The number of ether oxygens (including phenoxy) is 1. The van der Waals surface area contributed by atoms with Crippen molar-refractivity contribution in [2.45, 2.75) is 57.6 Å². The van der Waals surface area contributed by atoms with E-state index < -0.39 is 0 Å². The molecule has 0 bridgehead atoms. The summed E-state index contributed by atoms with van der Waals surface area (Å²) in [5.41, 5.74) is 2.94. The molecular weight excluding hydrogens is 234 g/mol. The zero-order valence-electron chi connectivity index (χ0n) is 12.3. The molecule has 0 radical (unpaired) electrons. The lowest BCUT2D eigenvalue weighted by molar-refractivity contribution is 0.101. The lowest BCUT2D eigenvalue weighted by Crippen LogP contribution is -2.18. The molecule has 1 saturated heterocycles. The number of rotatable bonds is 7. The van der Waals surface area contributed by atoms with Crippen molar-refractivity contribution in [2.75, 3.05) is 13.7 Å². The van der Waals surface area contributed by atoms with E-state index in [4.69, 9.17) is 4.74 Å². The van der Waals surface area contributed by atoms with Crippen molar-refractivity contribution in [1.82, 2.24) is 5.32 Å². The highest BCUT2D eigenvalue weighted by molar-refractivity contribution is 5.29. The normalized spacial score (nSPS) is 20.6. The van der Waals surface area contributed by atoms with Crippen LogP contribution in [0.1, 0.15) is 56.2 Å². The average Bonchev–Trinajstić information content (AvgIpc) is 2.97. The van der Waals surface area contributed by atoms with Gasteiger partial charge in [0.25, 0.3) is 0 Å². The minimum Gasteiger partial charge on any atom is -0.378 e. The van der Waals surface area contributed by atoms with Gasteiger partial charge in [0, 0.05) is 12.6 Å². The van der Waals surface area contributed by atoms with Gasteiger partial charge < -0.3 is 10.1 Å². The summed E-state index contributed by atoms with van der Waals surface area (Å²) >= 11 is 0. The second-order valence-corrected chi connectivity index (χ2v) is 5.46. The second-order valence-electron chi connectivity index (χ2n) is 5.46. The highest BCUT2D eigenvalue weighted by atomic mass is 16.5. The van der Waals surface area contributed by atoms with Crippen molar-refractivity contribution >= 4 is 0 Å². The lowest BCUT2D eigenvalue weighted by Gasteiger charge is -2.20. The maximum atomic E-state index is 5.70. The summed E-state index contributed by atoms with van der Waals surface area (Å²) in [5.74, 6) is 0. The Morgan fingerprint density at radius 1 is 1.37 bits per heavy atom. The molecule has 0 aliphatic carbocycles. The third-order valence-corrected chi connectivity index (χ3v) is 4.20. The van der Waals surface area contributed by atoms with Crippen LogP contribution in [0.4, 0.5) is 0 Å². The van der Waals surface area contributed by atoms with Gasteiger partial charge in [-0.2, -0.15) is 0 Å². The first kappa shape index (κ1) is 14.5. The molecule has 19 heavy (non-hydrogen) atoms. The minimum atomic E-state index is 0.484. The largest absolute Gasteiger partial charge is 0.378 e. The average molecular weight is 261 g/mol. The molecule has 1 aromatic rings. The minimum absolute atomic E-state index is 0.484. The molecule has 0 amide bonds. The van der Waals surface area contributed by atoms with Crippen molar-refractivity contribution in [1.29, 1.82) is 0 Å². The van der Waals surface area contributed by atoms with E-state index in [0.717, 1.165) is 13.0 Å². The van der Waals surface area contributed by atoms with E-state index in [0.29, 0.717) is 12.1 Å². The SMILES string of the molecule is CCc1ccccc1C(CCCC1CCCO1)NC. The standard InChI is InChI=1S/C17H27NO/c1-3-14-8-4-5-11-16(14)17(18-2)12-6-9-15-10-7-13-19-15/h4-5,8,11,15,17-18H,3,6-7,9-10,12-13H2,1-2H3. The molecule has 2 unspecified atom stereocenters. The zero-order chi connectivity index (χ0) is 13.5. The van der Waals surface area contributed by atoms with Gasteiger partial charge >= 0.3 is 0 Å². The maximum absolute atomic E-state index is 5.70. The molecule has 1 fully saturated rings. The number of hydrogen-bond donors (Lipinski definition) is 1. The Morgan fingerprint density at radius 2 is 2.21 bits per heavy atom. The molecular formula is C17H27NO. The van der Waals surface area contributed by atoms with Crippen LogP contribution in [0.5, 0.6) is 0 Å². The monoisotopic (exact) mass is 261 g/mol. The van der Waals surface area contributed by atoms with Crippen LogP contribution in [0.15, 0.2) is 24.3 Å². The third kappa shape index (κ3) is 4.05. The van der Waals surface area contributed by atoms with Gasteiger partial charge in [-0.1, -0.05) is 31.2 Å². The van der Waals surface area contributed by atoms with Crippen molar-refractivity contribution in [2.24, 2.45) is 0 Å². The molecule has 1 aliphatic heterocycles. The Hall–Kier alpha value is -0.860. The molecule has 2 heteroatoms. The van der Waals surface area contributed by atoms with Crippen LogP contribution in [0.3, 0.4) is 0 Å². The van der Waals surface area contributed by atoms with Crippen molar-refractivity contribution < 1.29 is 4.74 Å². The fraction of sp³-hybridized carbons (Fsp3) is 0.647. The van der Waals surface area contributed by atoms with Crippen LogP contribution in [-0.4, -0.2) is 19.8 Å². The number of benzene rings is 1. The molecule has 1 aromatic carbocycles. The molecule has 2 nitrogen and oxygen atoms in total. The fourth-order valence-corrected chi connectivity index (χ4v) is 3.07. The summed E-state index contributed by atoms with van der Waals surface area (Å²) in [4.78, 5) is 0. The van der Waals surface area contributed by atoms with E-state index in [1.807, 2.05) is 0 Å². The molecule has 0 aromatic heterocycles. The van der Waals surface area contributed by atoms with Crippen molar-refractivity contribution in [3.05, 3.63) is 35.4 Å². The van der Waals surface area contributed by atoms with Crippen molar-refractivity contribution in [3.63, 3.8) is 0 Å². The maximum Gasteiger partial charge on any atom is 0.0576 e. The Balaban J connectivity index is 1.88. The van der Waals surface area contributed by atoms with E-state index in [-0.39, 0.29) is 0 Å². The highest BCUT2D eigenvalue weighted by Crippen LogP contribution is 2.25. The first-order valence-electron chi connectivity index (χ1n) is 7.71. The Kier molecular flexibility index (Phi) is 5.87. The predicted molar refractivity (Wildman–Crippen MR) is 80.4 cm³/mol. The van der Waals surface area contributed by atoms with E-state index in [1.165, 1.54) is 43.2 Å². The molecule has 106 valence electrons. The summed E-state index contributed by atoms with van der Waals surface area (Å²) in [6, 6.07) is 9.30. The van der Waals surface area contributed by atoms with E-state index in [9.17, 15) is 0 Å². The second kappa shape index (κ2) is 7.66. The number of nitrogens with one attached hydrogen (secondary N) is 1. The summed E-state index contributed by atoms with van der Waals surface area (Å²) in [7, 11) is 2.07. The zero-order valence-corrected chi connectivity index (χ0v) is 12.3. The molecule has 0 saturated carbocycles. The topological polar surface area (TPSA) is 21.3 Å². The number of aryl methyl sites for hydroxylation is 1. The van der Waals surface area contributed by atoms with Gasteiger partial charge in [-0.15, -0.1) is 0 Å². The summed E-state index contributed by atoms with van der Waals surface area (Å²) in [5, 5.41) is 3.48. The van der Waals surface area contributed by atoms with E-state index in [1.54, 1.807) is 0 Å². The van der Waals surface area contributed by atoms with E-state index >= 15 is 0 Å². The van der Waals surface area contributed by atoms with Gasteiger partial charge in [0.2, 0.25) is 0 Å². The molecule has 0 spiro atoms. The first-order chi connectivity index (χ1) is 9.35. The van der Waals surface area contributed by atoms with Gasteiger partial charge in [0.15, 0.2) is 0 Å². The van der Waals surface area contributed by atoms with Crippen LogP contribution in [0, 0.1) is 0 Å². The van der Waals surface area contributed by atoms with Crippen LogP contribution >= 0.6 is 0 Å².